The van der Waals surface area contributed by atoms with E-state index in [4.69, 9.17) is 5.26 Å². The van der Waals surface area contributed by atoms with Crippen LogP contribution in [0.15, 0.2) is 29.5 Å². The van der Waals surface area contributed by atoms with Crippen LogP contribution in [0.1, 0.15) is 5.56 Å². The first kappa shape index (κ1) is 8.68. The predicted octanol–water partition coefficient (Wildman–Crippen LogP) is 0.695. The maximum absolute atomic E-state index is 11.9. The molecule has 0 amide bonds. The maximum atomic E-state index is 11.9. The molecule has 1 aromatic carbocycles. The minimum Gasteiger partial charge on any atom is -0.360 e. The Balaban J connectivity index is 2.56. The zero-order valence-electron chi connectivity index (χ0n) is 8.16. The molecule has 3 aromatic rings. The van der Waals surface area contributed by atoms with Crippen molar-refractivity contribution in [3.05, 3.63) is 40.4 Å². The van der Waals surface area contributed by atoms with Crippen molar-refractivity contribution in [2.45, 2.75) is 0 Å². The number of nitrogens with zero attached hydrogens (tertiary/aromatic N) is 1. The number of pyridine rings is 1. The SMILES string of the molecule is N#Cc1c[nH]c2cc3[nH+]c[nH]c3cc2c1=O. The zero-order valence-corrected chi connectivity index (χ0v) is 8.16. The lowest BCUT2D eigenvalue weighted by Crippen LogP contribution is -2.07. The molecule has 16 heavy (non-hydrogen) atoms. The van der Waals surface area contributed by atoms with E-state index in [2.05, 4.69) is 15.0 Å². The van der Waals surface area contributed by atoms with Gasteiger partial charge in [0.05, 0.1) is 10.9 Å². The highest BCUT2D eigenvalue weighted by Gasteiger charge is 2.09. The molecule has 3 rings (SSSR count). The van der Waals surface area contributed by atoms with Gasteiger partial charge in [-0.3, -0.25) is 4.79 Å². The van der Waals surface area contributed by atoms with Crippen LogP contribution in [-0.2, 0) is 0 Å². The normalized spacial score (nSPS) is 10.7. The number of fused-ring (bicyclic) bond motifs is 2. The molecule has 0 saturated heterocycles. The Bertz CT molecular complexity index is 791. The summed E-state index contributed by atoms with van der Waals surface area (Å²) in [6, 6.07) is 5.44. The Morgan fingerprint density at radius 3 is 2.94 bits per heavy atom. The van der Waals surface area contributed by atoms with E-state index in [1.54, 1.807) is 12.4 Å². The van der Waals surface area contributed by atoms with Crippen molar-refractivity contribution < 1.29 is 4.98 Å². The van der Waals surface area contributed by atoms with Crippen molar-refractivity contribution in [1.82, 2.24) is 9.97 Å². The molecule has 0 aliphatic carbocycles. The van der Waals surface area contributed by atoms with Crippen molar-refractivity contribution in [2.24, 2.45) is 0 Å². The monoisotopic (exact) mass is 211 g/mol. The largest absolute Gasteiger partial charge is 0.360 e. The second-order valence-electron chi connectivity index (χ2n) is 3.52. The molecule has 0 spiro atoms. The van der Waals surface area contributed by atoms with Crippen molar-refractivity contribution in [1.29, 1.82) is 5.26 Å². The van der Waals surface area contributed by atoms with Crippen LogP contribution in [0, 0.1) is 11.3 Å². The fraction of sp³-hybridized carbons (Fsp3) is 0. The molecule has 0 atom stereocenters. The minimum atomic E-state index is -0.243. The van der Waals surface area contributed by atoms with E-state index >= 15 is 0 Å². The number of aromatic nitrogens is 3. The Morgan fingerprint density at radius 1 is 1.25 bits per heavy atom. The summed E-state index contributed by atoms with van der Waals surface area (Å²) in [5, 5.41) is 9.28. The zero-order chi connectivity index (χ0) is 11.1. The third-order valence-electron chi connectivity index (χ3n) is 2.59. The molecule has 0 bridgehead atoms. The predicted molar refractivity (Wildman–Crippen MR) is 57.7 cm³/mol. The summed E-state index contributed by atoms with van der Waals surface area (Å²) in [6.07, 6.45) is 3.13. The summed E-state index contributed by atoms with van der Waals surface area (Å²) < 4.78 is 0. The van der Waals surface area contributed by atoms with Gasteiger partial charge in [0.1, 0.15) is 11.6 Å². The van der Waals surface area contributed by atoms with Crippen LogP contribution in [0.3, 0.4) is 0 Å². The smallest absolute Gasteiger partial charge is 0.240 e. The molecule has 0 radical (unpaired) electrons. The molecule has 3 N–H and O–H groups in total. The Morgan fingerprint density at radius 2 is 2.12 bits per heavy atom. The molecule has 5 nitrogen and oxygen atoms in total. The van der Waals surface area contributed by atoms with Gasteiger partial charge in [-0.15, -0.1) is 0 Å². The average molecular weight is 211 g/mol. The summed E-state index contributed by atoms with van der Waals surface area (Å²) >= 11 is 0. The van der Waals surface area contributed by atoms with Crippen molar-refractivity contribution in [2.75, 3.05) is 0 Å². The van der Waals surface area contributed by atoms with Gasteiger partial charge in [-0.05, 0) is 0 Å². The van der Waals surface area contributed by atoms with Gasteiger partial charge in [-0.1, -0.05) is 0 Å². The van der Waals surface area contributed by atoms with Crippen LogP contribution in [0.2, 0.25) is 0 Å². The van der Waals surface area contributed by atoms with Crippen LogP contribution in [-0.4, -0.2) is 9.97 Å². The summed E-state index contributed by atoms with van der Waals surface area (Å²) in [5.74, 6) is 0. The van der Waals surface area contributed by atoms with Gasteiger partial charge in [0, 0.05) is 18.3 Å². The van der Waals surface area contributed by atoms with E-state index in [1.165, 1.54) is 6.20 Å². The van der Waals surface area contributed by atoms with E-state index in [9.17, 15) is 4.79 Å². The molecular formula is C11H7N4O+. The molecule has 0 fully saturated rings. The van der Waals surface area contributed by atoms with E-state index in [0.717, 1.165) is 11.0 Å². The Hall–Kier alpha value is -2.61. The van der Waals surface area contributed by atoms with Crippen molar-refractivity contribution >= 4 is 21.9 Å². The van der Waals surface area contributed by atoms with E-state index in [1.807, 2.05) is 12.1 Å². The van der Waals surface area contributed by atoms with E-state index < -0.39 is 0 Å². The molecule has 2 aromatic heterocycles. The standard InChI is InChI=1S/C11H6N4O/c12-3-6-4-13-8-2-10-9(14-5-15-10)1-7(8)11(6)16/h1-2,4-5H,(H,13,16)(H,14,15)/p+1. The topological polar surface area (TPSA) is 86.6 Å². The molecule has 5 heteroatoms. The fourth-order valence-electron chi connectivity index (χ4n) is 1.78. The second-order valence-corrected chi connectivity index (χ2v) is 3.52. The number of aromatic amines is 3. The first-order chi connectivity index (χ1) is 7.79. The van der Waals surface area contributed by atoms with Gasteiger partial charge < -0.3 is 4.98 Å². The van der Waals surface area contributed by atoms with Crippen molar-refractivity contribution in [3.63, 3.8) is 0 Å². The van der Waals surface area contributed by atoms with Gasteiger partial charge in [0.15, 0.2) is 11.0 Å². The lowest BCUT2D eigenvalue weighted by Gasteiger charge is -1.96. The molecule has 2 heterocycles. The fourth-order valence-corrected chi connectivity index (χ4v) is 1.78. The number of nitriles is 1. The van der Waals surface area contributed by atoms with Crippen LogP contribution in [0.5, 0.6) is 0 Å². The lowest BCUT2D eigenvalue weighted by molar-refractivity contribution is -0.344. The molecule has 76 valence electrons. The molecule has 0 unspecified atom stereocenters. The third-order valence-corrected chi connectivity index (χ3v) is 2.59. The van der Waals surface area contributed by atoms with E-state index in [-0.39, 0.29) is 11.0 Å². The highest BCUT2D eigenvalue weighted by molar-refractivity contribution is 5.91. The highest BCUT2D eigenvalue weighted by atomic mass is 16.1. The van der Waals surface area contributed by atoms with Gasteiger partial charge >= 0.3 is 0 Å². The van der Waals surface area contributed by atoms with Gasteiger partial charge in [0.25, 0.3) is 0 Å². The van der Waals surface area contributed by atoms with Gasteiger partial charge in [-0.2, -0.15) is 5.26 Å². The highest BCUT2D eigenvalue weighted by Crippen LogP contribution is 2.14. The third kappa shape index (κ3) is 1.04. The summed E-state index contributed by atoms with van der Waals surface area (Å²) in [7, 11) is 0. The number of rotatable bonds is 0. The number of H-pyrrole nitrogens is 3. The summed E-state index contributed by atoms with van der Waals surface area (Å²) in [4.78, 5) is 20.8. The average Bonchev–Trinajstić information content (AvgIpc) is 2.74. The minimum absolute atomic E-state index is 0.127. The quantitative estimate of drug-likeness (QED) is 0.573. The molecular weight excluding hydrogens is 204 g/mol. The number of nitrogens with one attached hydrogen (secondary N) is 3. The lowest BCUT2D eigenvalue weighted by atomic mass is 10.1. The van der Waals surface area contributed by atoms with Crippen LogP contribution >= 0.6 is 0 Å². The van der Waals surface area contributed by atoms with Crippen molar-refractivity contribution in [3.8, 4) is 6.07 Å². The Labute approximate surface area is 89.4 Å². The second kappa shape index (κ2) is 2.94. The van der Waals surface area contributed by atoms with Crippen LogP contribution < -0.4 is 10.4 Å². The molecule has 0 aliphatic heterocycles. The first-order valence-corrected chi connectivity index (χ1v) is 4.74. The number of hydrogen-bond acceptors (Lipinski definition) is 2. The van der Waals surface area contributed by atoms with Crippen LogP contribution in [0.25, 0.3) is 21.9 Å². The van der Waals surface area contributed by atoms with Gasteiger partial charge in [0.2, 0.25) is 11.8 Å². The van der Waals surface area contributed by atoms with E-state index in [0.29, 0.717) is 10.9 Å². The molecule has 0 saturated carbocycles. The van der Waals surface area contributed by atoms with Crippen LogP contribution in [0.4, 0.5) is 0 Å². The number of benzene rings is 1. The summed E-state index contributed by atoms with van der Waals surface area (Å²) in [6.45, 7) is 0. The molecule has 0 aliphatic rings. The van der Waals surface area contributed by atoms with Gasteiger partial charge in [-0.25, -0.2) is 9.97 Å². The summed E-state index contributed by atoms with van der Waals surface area (Å²) in [5.41, 5.74) is 2.35. The first-order valence-electron chi connectivity index (χ1n) is 4.74. The number of imidazole rings is 1. The Kier molecular flexibility index (Phi) is 1.59. The maximum Gasteiger partial charge on any atom is 0.240 e. The number of hydrogen-bond donors (Lipinski definition) is 2.